The van der Waals surface area contributed by atoms with Crippen LogP contribution in [-0.2, 0) is 0 Å². The SMILES string of the molecule is CC(C)Nc1ccnc(Cl)c1N. The van der Waals surface area contributed by atoms with Gasteiger partial charge in [-0.2, -0.15) is 0 Å². The number of anilines is 2. The van der Waals surface area contributed by atoms with Crippen molar-refractivity contribution in [3.05, 3.63) is 17.4 Å². The van der Waals surface area contributed by atoms with Gasteiger partial charge >= 0.3 is 0 Å². The van der Waals surface area contributed by atoms with Gasteiger partial charge in [-0.15, -0.1) is 0 Å². The first kappa shape index (κ1) is 9.13. The Labute approximate surface area is 76.9 Å². The van der Waals surface area contributed by atoms with Crippen LogP contribution < -0.4 is 11.1 Å². The first-order valence-corrected chi connectivity index (χ1v) is 4.15. The molecule has 0 radical (unpaired) electrons. The Morgan fingerprint density at radius 3 is 2.83 bits per heavy atom. The number of hydrogen-bond donors (Lipinski definition) is 2. The zero-order valence-corrected chi connectivity index (χ0v) is 7.89. The summed E-state index contributed by atoms with van der Waals surface area (Å²) in [5.41, 5.74) is 7.02. The van der Waals surface area contributed by atoms with Crippen LogP contribution in [0.2, 0.25) is 5.15 Å². The maximum Gasteiger partial charge on any atom is 0.153 e. The number of nitrogens with zero attached hydrogens (tertiary/aromatic N) is 1. The quantitative estimate of drug-likeness (QED) is 0.695. The summed E-state index contributed by atoms with van der Waals surface area (Å²) < 4.78 is 0. The fourth-order valence-electron chi connectivity index (χ4n) is 0.885. The predicted octanol–water partition coefficient (Wildman–Crippen LogP) is 2.14. The molecule has 0 spiro atoms. The highest BCUT2D eigenvalue weighted by atomic mass is 35.5. The minimum Gasteiger partial charge on any atom is -0.395 e. The van der Waals surface area contributed by atoms with Crippen LogP contribution >= 0.6 is 11.6 Å². The van der Waals surface area contributed by atoms with Gasteiger partial charge in [0.25, 0.3) is 0 Å². The average molecular weight is 186 g/mol. The molecule has 1 aromatic heterocycles. The number of halogens is 1. The van der Waals surface area contributed by atoms with E-state index in [4.69, 9.17) is 17.3 Å². The molecule has 0 aromatic carbocycles. The molecular formula is C8H12ClN3. The zero-order valence-electron chi connectivity index (χ0n) is 7.13. The third-order valence-corrected chi connectivity index (χ3v) is 1.69. The second-order valence-electron chi connectivity index (χ2n) is 2.86. The van der Waals surface area contributed by atoms with Crippen LogP contribution in [0.1, 0.15) is 13.8 Å². The van der Waals surface area contributed by atoms with Crippen molar-refractivity contribution >= 4 is 23.0 Å². The maximum absolute atomic E-state index is 5.72. The van der Waals surface area contributed by atoms with Gasteiger partial charge in [0.1, 0.15) is 0 Å². The van der Waals surface area contributed by atoms with Crippen molar-refractivity contribution in [3.8, 4) is 0 Å². The lowest BCUT2D eigenvalue weighted by molar-refractivity contribution is 0.899. The minimum absolute atomic E-state index is 0.339. The Hall–Kier alpha value is -0.960. The van der Waals surface area contributed by atoms with Gasteiger partial charge in [0, 0.05) is 12.2 Å². The molecule has 1 rings (SSSR count). The normalized spacial score (nSPS) is 10.3. The highest BCUT2D eigenvalue weighted by Crippen LogP contribution is 2.24. The van der Waals surface area contributed by atoms with Crippen LogP contribution in [0.4, 0.5) is 11.4 Å². The Bertz CT molecular complexity index is 273. The van der Waals surface area contributed by atoms with Crippen molar-refractivity contribution in [1.82, 2.24) is 4.98 Å². The second-order valence-corrected chi connectivity index (χ2v) is 3.22. The van der Waals surface area contributed by atoms with Gasteiger partial charge in [-0.3, -0.25) is 0 Å². The van der Waals surface area contributed by atoms with Crippen molar-refractivity contribution in [2.75, 3.05) is 11.1 Å². The third-order valence-electron chi connectivity index (χ3n) is 1.39. The molecule has 1 heterocycles. The lowest BCUT2D eigenvalue weighted by Crippen LogP contribution is -2.11. The topological polar surface area (TPSA) is 50.9 Å². The van der Waals surface area contributed by atoms with E-state index in [1.807, 2.05) is 13.8 Å². The lowest BCUT2D eigenvalue weighted by atomic mass is 10.3. The molecule has 0 amide bonds. The van der Waals surface area contributed by atoms with E-state index < -0.39 is 0 Å². The lowest BCUT2D eigenvalue weighted by Gasteiger charge is -2.12. The molecule has 1 aromatic rings. The van der Waals surface area contributed by atoms with Gasteiger partial charge in [0.2, 0.25) is 0 Å². The summed E-state index contributed by atoms with van der Waals surface area (Å²) in [5, 5.41) is 3.51. The molecule has 12 heavy (non-hydrogen) atoms. The molecule has 0 fully saturated rings. The van der Waals surface area contributed by atoms with E-state index in [0.29, 0.717) is 16.9 Å². The smallest absolute Gasteiger partial charge is 0.153 e. The van der Waals surface area contributed by atoms with Crippen molar-refractivity contribution in [2.24, 2.45) is 0 Å². The van der Waals surface area contributed by atoms with Crippen molar-refractivity contribution in [3.63, 3.8) is 0 Å². The monoisotopic (exact) mass is 185 g/mol. The van der Waals surface area contributed by atoms with E-state index in [1.165, 1.54) is 0 Å². The number of pyridine rings is 1. The molecule has 3 nitrogen and oxygen atoms in total. The van der Waals surface area contributed by atoms with Gasteiger partial charge in [0.05, 0.1) is 11.4 Å². The van der Waals surface area contributed by atoms with E-state index in [9.17, 15) is 0 Å². The average Bonchev–Trinajstić information content (AvgIpc) is 1.98. The first-order valence-electron chi connectivity index (χ1n) is 3.77. The highest BCUT2D eigenvalue weighted by Gasteiger charge is 2.03. The molecule has 0 atom stereocenters. The van der Waals surface area contributed by atoms with E-state index >= 15 is 0 Å². The molecule has 0 bridgehead atoms. The largest absolute Gasteiger partial charge is 0.395 e. The number of nitrogens with two attached hydrogens (primary N) is 1. The Morgan fingerprint density at radius 1 is 1.58 bits per heavy atom. The van der Waals surface area contributed by atoms with Gasteiger partial charge in [-0.05, 0) is 19.9 Å². The number of rotatable bonds is 2. The summed E-state index contributed by atoms with van der Waals surface area (Å²) >= 11 is 5.72. The van der Waals surface area contributed by atoms with Crippen molar-refractivity contribution < 1.29 is 0 Å². The fourth-order valence-corrected chi connectivity index (χ4v) is 1.04. The molecule has 4 heteroatoms. The molecule has 0 aliphatic heterocycles. The van der Waals surface area contributed by atoms with E-state index in [2.05, 4.69) is 10.3 Å². The van der Waals surface area contributed by atoms with E-state index in [-0.39, 0.29) is 0 Å². The van der Waals surface area contributed by atoms with Crippen molar-refractivity contribution in [1.29, 1.82) is 0 Å². The molecular weight excluding hydrogens is 174 g/mol. The van der Waals surface area contributed by atoms with Crippen LogP contribution in [0.5, 0.6) is 0 Å². The van der Waals surface area contributed by atoms with Crippen LogP contribution in [0.25, 0.3) is 0 Å². The van der Waals surface area contributed by atoms with Crippen LogP contribution in [0.15, 0.2) is 12.3 Å². The molecule has 0 aliphatic carbocycles. The Kier molecular flexibility index (Phi) is 2.76. The molecule has 3 N–H and O–H groups in total. The number of hydrogen-bond acceptors (Lipinski definition) is 3. The fraction of sp³-hybridized carbons (Fsp3) is 0.375. The standard InChI is InChI=1S/C8H12ClN3/c1-5(2)12-6-3-4-11-8(9)7(6)10/h3-5H,10H2,1-2H3,(H,11,12). The molecule has 66 valence electrons. The summed E-state index contributed by atoms with van der Waals surface area (Å²) in [5.74, 6) is 0. The summed E-state index contributed by atoms with van der Waals surface area (Å²) in [7, 11) is 0. The number of aromatic nitrogens is 1. The third kappa shape index (κ3) is 2.01. The summed E-state index contributed by atoms with van der Waals surface area (Å²) in [6, 6.07) is 2.15. The Morgan fingerprint density at radius 2 is 2.25 bits per heavy atom. The molecule has 0 saturated carbocycles. The maximum atomic E-state index is 5.72. The van der Waals surface area contributed by atoms with Gasteiger partial charge < -0.3 is 11.1 Å². The summed E-state index contributed by atoms with van der Waals surface area (Å²) in [6.45, 7) is 4.07. The predicted molar refractivity (Wildman–Crippen MR) is 52.4 cm³/mol. The van der Waals surface area contributed by atoms with Gasteiger partial charge in [0.15, 0.2) is 5.15 Å². The summed E-state index contributed by atoms with van der Waals surface area (Å²) in [4.78, 5) is 3.85. The number of nitrogen functional groups attached to an aromatic ring is 1. The second kappa shape index (κ2) is 3.63. The highest BCUT2D eigenvalue weighted by molar-refractivity contribution is 6.32. The molecule has 0 aliphatic rings. The zero-order chi connectivity index (χ0) is 9.14. The van der Waals surface area contributed by atoms with Crippen LogP contribution in [0, 0.1) is 0 Å². The summed E-state index contributed by atoms with van der Waals surface area (Å²) in [6.07, 6.45) is 1.63. The van der Waals surface area contributed by atoms with Crippen LogP contribution in [0.3, 0.4) is 0 Å². The van der Waals surface area contributed by atoms with Crippen LogP contribution in [-0.4, -0.2) is 11.0 Å². The van der Waals surface area contributed by atoms with Gasteiger partial charge in [-0.25, -0.2) is 4.98 Å². The van der Waals surface area contributed by atoms with E-state index in [0.717, 1.165) is 5.69 Å². The molecule has 0 unspecified atom stereocenters. The van der Waals surface area contributed by atoms with E-state index in [1.54, 1.807) is 12.3 Å². The Balaban J connectivity index is 2.92. The van der Waals surface area contributed by atoms with Gasteiger partial charge in [-0.1, -0.05) is 11.6 Å². The first-order chi connectivity index (χ1) is 5.61. The van der Waals surface area contributed by atoms with Crippen molar-refractivity contribution in [2.45, 2.75) is 19.9 Å². The molecule has 0 saturated heterocycles. The number of nitrogens with one attached hydrogen (secondary N) is 1. The minimum atomic E-state index is 0.339.